The lowest BCUT2D eigenvalue weighted by Gasteiger charge is -2.28. The summed E-state index contributed by atoms with van der Waals surface area (Å²) < 4.78 is 21.6. The van der Waals surface area contributed by atoms with E-state index in [9.17, 15) is 9.59 Å². The Bertz CT molecular complexity index is 1260. The number of amides is 3. The largest absolute Gasteiger partial charge is 0.497 e. The van der Waals surface area contributed by atoms with E-state index >= 15 is 0 Å². The molecule has 0 spiro atoms. The van der Waals surface area contributed by atoms with Crippen molar-refractivity contribution in [1.82, 2.24) is 9.80 Å². The Morgan fingerprint density at radius 2 is 1.71 bits per heavy atom. The highest BCUT2D eigenvalue weighted by atomic mass is 32.1. The smallest absolute Gasteiger partial charge is 0.322 e. The maximum Gasteiger partial charge on any atom is 0.322 e. The third kappa shape index (κ3) is 9.98. The summed E-state index contributed by atoms with van der Waals surface area (Å²) >= 11 is 1.66. The quantitative estimate of drug-likeness (QED) is 0.221. The van der Waals surface area contributed by atoms with Gasteiger partial charge in [0.05, 0.1) is 27.9 Å². The summed E-state index contributed by atoms with van der Waals surface area (Å²) in [5.74, 6) is 1.80. The monoisotopic (exact) mass is 583 g/mol. The van der Waals surface area contributed by atoms with Crippen LogP contribution in [0.25, 0.3) is 0 Å². The number of rotatable bonds is 16. The van der Waals surface area contributed by atoms with E-state index in [2.05, 4.69) is 11.4 Å². The second kappa shape index (κ2) is 16.5. The second-order valence-corrected chi connectivity index (χ2v) is 10.8. The highest BCUT2D eigenvalue weighted by Gasteiger charge is 2.22. The highest BCUT2D eigenvalue weighted by molar-refractivity contribution is 7.11. The molecule has 0 atom stereocenters. The predicted molar refractivity (Wildman–Crippen MR) is 162 cm³/mol. The molecule has 0 aliphatic carbocycles. The average Bonchev–Trinajstić information content (AvgIpc) is 3.40. The summed E-state index contributed by atoms with van der Waals surface area (Å²) in [6.45, 7) is 6.35. The zero-order valence-corrected chi connectivity index (χ0v) is 25.4. The summed E-state index contributed by atoms with van der Waals surface area (Å²) in [6.07, 6.45) is 1.24. The first-order valence-corrected chi connectivity index (χ1v) is 14.5. The number of hydrogen-bond donors (Lipinski definition) is 1. The van der Waals surface area contributed by atoms with Crippen molar-refractivity contribution in [3.8, 4) is 17.2 Å². The number of ether oxygens (including phenoxy) is 4. The summed E-state index contributed by atoms with van der Waals surface area (Å²) in [6, 6.07) is 16.7. The van der Waals surface area contributed by atoms with E-state index in [0.717, 1.165) is 10.4 Å². The molecule has 41 heavy (non-hydrogen) atoms. The van der Waals surface area contributed by atoms with E-state index in [1.807, 2.05) is 49.1 Å². The number of thiophene rings is 1. The lowest BCUT2D eigenvalue weighted by molar-refractivity contribution is -0.132. The van der Waals surface area contributed by atoms with Crippen molar-refractivity contribution >= 4 is 29.0 Å². The molecule has 3 amide bonds. The molecule has 0 unspecified atom stereocenters. The lowest BCUT2D eigenvalue weighted by atomic mass is 10.1. The fourth-order valence-electron chi connectivity index (χ4n) is 4.27. The first kappa shape index (κ1) is 31.8. The maximum absolute atomic E-state index is 13.8. The molecule has 2 aromatic carbocycles. The number of aryl methyl sites for hydroxylation is 1. The van der Waals surface area contributed by atoms with Crippen LogP contribution in [-0.2, 0) is 22.5 Å². The topological polar surface area (TPSA) is 89.6 Å². The molecule has 0 fully saturated rings. The normalized spacial score (nSPS) is 10.7. The molecular weight excluding hydrogens is 542 g/mol. The molecule has 10 heteroatoms. The van der Waals surface area contributed by atoms with Gasteiger partial charge in [0.1, 0.15) is 12.3 Å². The van der Waals surface area contributed by atoms with E-state index < -0.39 is 0 Å². The molecule has 1 heterocycles. The van der Waals surface area contributed by atoms with Crippen molar-refractivity contribution in [2.45, 2.75) is 33.2 Å². The first-order valence-electron chi connectivity index (χ1n) is 13.7. The molecule has 222 valence electrons. The number of methoxy groups -OCH3 is 3. The molecule has 9 nitrogen and oxygen atoms in total. The van der Waals surface area contributed by atoms with Crippen LogP contribution in [0.1, 0.15) is 28.7 Å². The van der Waals surface area contributed by atoms with Crippen molar-refractivity contribution in [2.24, 2.45) is 0 Å². The number of carbonyl (C=O) groups excluding carboxylic acids is 2. The van der Waals surface area contributed by atoms with Crippen LogP contribution in [0.4, 0.5) is 10.5 Å². The molecular formula is C31H41N3O6S. The van der Waals surface area contributed by atoms with Gasteiger partial charge in [0.25, 0.3) is 0 Å². The Kier molecular flexibility index (Phi) is 12.8. The van der Waals surface area contributed by atoms with Gasteiger partial charge >= 0.3 is 6.03 Å². The molecule has 0 bridgehead atoms. The number of anilines is 1. The summed E-state index contributed by atoms with van der Waals surface area (Å²) in [4.78, 5) is 32.7. The number of nitrogens with zero attached hydrogens (tertiary/aromatic N) is 2. The van der Waals surface area contributed by atoms with Gasteiger partial charge in [0, 0.05) is 47.8 Å². The van der Waals surface area contributed by atoms with Crippen LogP contribution in [0.15, 0.2) is 54.6 Å². The number of carbonyl (C=O) groups is 2. The van der Waals surface area contributed by atoms with Gasteiger partial charge < -0.3 is 34.1 Å². The van der Waals surface area contributed by atoms with Crippen molar-refractivity contribution in [3.05, 3.63) is 69.9 Å². The van der Waals surface area contributed by atoms with Crippen molar-refractivity contribution in [2.75, 3.05) is 59.5 Å². The Hall–Kier alpha value is -3.76. The minimum Gasteiger partial charge on any atom is -0.497 e. The van der Waals surface area contributed by atoms with Crippen LogP contribution in [0.5, 0.6) is 17.2 Å². The molecule has 0 aliphatic rings. The Labute approximate surface area is 247 Å². The van der Waals surface area contributed by atoms with Gasteiger partial charge in [-0.2, -0.15) is 0 Å². The van der Waals surface area contributed by atoms with Gasteiger partial charge in [0.15, 0.2) is 11.5 Å². The van der Waals surface area contributed by atoms with E-state index in [4.69, 9.17) is 18.9 Å². The lowest BCUT2D eigenvalue weighted by Crippen LogP contribution is -2.45. The fourth-order valence-corrected chi connectivity index (χ4v) is 5.18. The number of hydrogen-bond acceptors (Lipinski definition) is 7. The molecule has 0 aliphatic heterocycles. The van der Waals surface area contributed by atoms with Crippen LogP contribution < -0.4 is 19.5 Å². The van der Waals surface area contributed by atoms with Gasteiger partial charge in [0.2, 0.25) is 5.91 Å². The highest BCUT2D eigenvalue weighted by Crippen LogP contribution is 2.28. The van der Waals surface area contributed by atoms with Crippen LogP contribution in [0.2, 0.25) is 0 Å². The van der Waals surface area contributed by atoms with E-state index in [1.165, 1.54) is 4.88 Å². The van der Waals surface area contributed by atoms with Gasteiger partial charge in [-0.1, -0.05) is 12.1 Å². The van der Waals surface area contributed by atoms with Crippen LogP contribution >= 0.6 is 11.3 Å². The molecule has 3 aromatic rings. The average molecular weight is 584 g/mol. The summed E-state index contributed by atoms with van der Waals surface area (Å²) in [7, 11) is 4.78. The molecule has 0 radical (unpaired) electrons. The van der Waals surface area contributed by atoms with Crippen LogP contribution in [-0.4, -0.2) is 75.9 Å². The SMILES string of the molecule is CCOCCCN(CC(=O)N(CCc1ccc(OC)c(OC)c1)Cc1ccc(C)s1)C(=O)Nc1cccc(OC)c1. The zero-order chi connectivity index (χ0) is 29.6. The van der Waals surface area contributed by atoms with Crippen LogP contribution in [0.3, 0.4) is 0 Å². The maximum atomic E-state index is 13.8. The third-order valence-electron chi connectivity index (χ3n) is 6.47. The van der Waals surface area contributed by atoms with E-state index in [0.29, 0.717) is 68.6 Å². The zero-order valence-electron chi connectivity index (χ0n) is 24.6. The standard InChI is InChI=1S/C31H41N3O6S/c1-6-40-18-8-16-34(31(36)32-25-9-7-10-26(20-25)37-3)22-30(35)33(21-27-13-11-23(2)41-27)17-15-24-12-14-28(38-4)29(19-24)39-5/h7,9-14,19-20H,6,8,15-18,21-22H2,1-5H3,(H,32,36). The summed E-state index contributed by atoms with van der Waals surface area (Å²) in [5, 5.41) is 2.91. The van der Waals surface area contributed by atoms with Gasteiger partial charge in [-0.05, 0) is 68.7 Å². The Morgan fingerprint density at radius 1 is 0.902 bits per heavy atom. The number of benzene rings is 2. The molecule has 1 aromatic heterocycles. The van der Waals surface area contributed by atoms with Crippen molar-refractivity contribution in [1.29, 1.82) is 0 Å². The van der Waals surface area contributed by atoms with E-state index in [1.54, 1.807) is 55.8 Å². The Balaban J connectivity index is 1.77. The predicted octanol–water partition coefficient (Wildman–Crippen LogP) is 5.61. The van der Waals surface area contributed by atoms with Gasteiger partial charge in [-0.3, -0.25) is 4.79 Å². The minimum absolute atomic E-state index is 0.0573. The fraction of sp³-hybridized carbons (Fsp3) is 0.419. The minimum atomic E-state index is -0.352. The summed E-state index contributed by atoms with van der Waals surface area (Å²) in [5.41, 5.74) is 1.61. The van der Waals surface area contributed by atoms with Crippen LogP contribution in [0, 0.1) is 6.92 Å². The molecule has 0 saturated heterocycles. The molecule has 3 rings (SSSR count). The van der Waals surface area contributed by atoms with E-state index in [-0.39, 0.29) is 18.5 Å². The number of nitrogens with one attached hydrogen (secondary N) is 1. The Morgan fingerprint density at radius 3 is 2.39 bits per heavy atom. The van der Waals surface area contributed by atoms with Gasteiger partial charge in [-0.15, -0.1) is 11.3 Å². The molecule has 0 saturated carbocycles. The van der Waals surface area contributed by atoms with Crippen molar-refractivity contribution in [3.63, 3.8) is 0 Å². The third-order valence-corrected chi connectivity index (χ3v) is 7.45. The van der Waals surface area contributed by atoms with Crippen molar-refractivity contribution < 1.29 is 28.5 Å². The second-order valence-electron chi connectivity index (χ2n) is 9.40. The number of urea groups is 1. The van der Waals surface area contributed by atoms with Gasteiger partial charge in [-0.25, -0.2) is 4.79 Å². The molecule has 1 N–H and O–H groups in total. The first-order chi connectivity index (χ1) is 19.9.